The third-order valence-electron chi connectivity index (χ3n) is 2.28. The number of rotatable bonds is 7. The van der Waals surface area contributed by atoms with Crippen molar-refractivity contribution in [3.63, 3.8) is 0 Å². The quantitative estimate of drug-likeness (QED) is 0.496. The maximum Gasteiger partial charge on any atom is 0.326 e. The van der Waals surface area contributed by atoms with E-state index in [1.54, 1.807) is 0 Å². The molecule has 20 heavy (non-hydrogen) atoms. The highest BCUT2D eigenvalue weighted by molar-refractivity contribution is 7.13. The fourth-order valence-electron chi connectivity index (χ4n) is 1.31. The van der Waals surface area contributed by atoms with Gasteiger partial charge in [0.2, 0.25) is 0 Å². The van der Waals surface area contributed by atoms with Crippen molar-refractivity contribution < 1.29 is 29.5 Å². The lowest BCUT2D eigenvalue weighted by atomic mass is 10.1. The second-order valence-corrected chi connectivity index (χ2v) is 4.62. The standard InChI is InChI=1S/C10H10N2O7S/c13-8(14)2-1-6(10(16)17)11-9(15)5-3-7(12(18)19)20-4-5/h3-4,6H,1-2H2,(H,11,15)(H,13,14)(H,16,17)/t6-/m0/s1. The van der Waals surface area contributed by atoms with Crippen molar-refractivity contribution in [3.8, 4) is 0 Å². The molecule has 108 valence electrons. The van der Waals surface area contributed by atoms with Crippen LogP contribution in [0.15, 0.2) is 11.4 Å². The van der Waals surface area contributed by atoms with Gasteiger partial charge in [0.25, 0.3) is 5.91 Å². The van der Waals surface area contributed by atoms with E-state index in [1.807, 2.05) is 0 Å². The van der Waals surface area contributed by atoms with Crippen LogP contribution in [0.5, 0.6) is 0 Å². The van der Waals surface area contributed by atoms with Crippen LogP contribution in [0.3, 0.4) is 0 Å². The van der Waals surface area contributed by atoms with E-state index in [1.165, 1.54) is 5.38 Å². The molecule has 0 unspecified atom stereocenters. The minimum absolute atomic E-state index is 0.0386. The number of hydrogen-bond donors (Lipinski definition) is 3. The molecule has 3 N–H and O–H groups in total. The molecular weight excluding hydrogens is 292 g/mol. The molecule has 0 aliphatic carbocycles. The van der Waals surface area contributed by atoms with Crippen LogP contribution in [-0.2, 0) is 9.59 Å². The smallest absolute Gasteiger partial charge is 0.326 e. The lowest BCUT2D eigenvalue weighted by molar-refractivity contribution is -0.380. The van der Waals surface area contributed by atoms with Gasteiger partial charge in [0.15, 0.2) is 0 Å². The summed E-state index contributed by atoms with van der Waals surface area (Å²) in [5.74, 6) is -3.35. The van der Waals surface area contributed by atoms with Gasteiger partial charge in [-0.3, -0.25) is 19.7 Å². The topological polar surface area (TPSA) is 147 Å². The third-order valence-corrected chi connectivity index (χ3v) is 3.16. The average Bonchev–Trinajstić information content (AvgIpc) is 2.83. The molecule has 1 heterocycles. The van der Waals surface area contributed by atoms with E-state index in [0.717, 1.165) is 17.4 Å². The summed E-state index contributed by atoms with van der Waals surface area (Å²) in [7, 11) is 0. The Hall–Kier alpha value is -2.49. The van der Waals surface area contributed by atoms with Crippen molar-refractivity contribution in [2.75, 3.05) is 0 Å². The SMILES string of the molecule is O=C(O)CC[C@H](NC(=O)c1csc([N+](=O)[O-])c1)C(=O)O. The van der Waals surface area contributed by atoms with Crippen LogP contribution >= 0.6 is 11.3 Å². The number of carboxylic acids is 2. The molecular formula is C10H10N2O7S. The highest BCUT2D eigenvalue weighted by atomic mass is 32.1. The van der Waals surface area contributed by atoms with Crippen LogP contribution in [0.2, 0.25) is 0 Å². The van der Waals surface area contributed by atoms with Gasteiger partial charge < -0.3 is 15.5 Å². The third kappa shape index (κ3) is 4.31. The first-order valence-electron chi connectivity index (χ1n) is 5.29. The number of aliphatic carboxylic acids is 2. The Bertz CT molecular complexity index is 554. The van der Waals surface area contributed by atoms with Gasteiger partial charge in [0.05, 0.1) is 10.5 Å². The minimum atomic E-state index is -1.37. The lowest BCUT2D eigenvalue weighted by Gasteiger charge is -2.12. The van der Waals surface area contributed by atoms with Crippen LogP contribution in [0.4, 0.5) is 5.00 Å². The molecule has 1 atom stereocenters. The summed E-state index contributed by atoms with van der Waals surface area (Å²) in [4.78, 5) is 42.8. The monoisotopic (exact) mass is 302 g/mol. The Labute approximate surface area is 116 Å². The number of hydrogen-bond acceptors (Lipinski definition) is 6. The molecule has 1 amide bonds. The molecule has 0 spiro atoms. The van der Waals surface area contributed by atoms with Gasteiger partial charge in [-0.05, 0) is 6.42 Å². The van der Waals surface area contributed by atoms with Gasteiger partial charge in [-0.2, -0.15) is 0 Å². The van der Waals surface area contributed by atoms with Crippen molar-refractivity contribution in [1.29, 1.82) is 0 Å². The summed E-state index contributed by atoms with van der Waals surface area (Å²) in [6, 6.07) is -0.339. The number of nitrogens with one attached hydrogen (secondary N) is 1. The van der Waals surface area contributed by atoms with Crippen LogP contribution < -0.4 is 5.32 Å². The highest BCUT2D eigenvalue weighted by Crippen LogP contribution is 2.22. The Morgan fingerprint density at radius 1 is 1.40 bits per heavy atom. The predicted molar refractivity (Wildman–Crippen MR) is 66.7 cm³/mol. The number of carbonyl (C=O) groups is 3. The van der Waals surface area contributed by atoms with Crippen molar-refractivity contribution in [3.05, 3.63) is 27.1 Å². The maximum absolute atomic E-state index is 11.7. The van der Waals surface area contributed by atoms with Gasteiger partial charge in [-0.25, -0.2) is 4.79 Å². The molecule has 10 heteroatoms. The van der Waals surface area contributed by atoms with E-state index in [-0.39, 0.29) is 17.0 Å². The zero-order valence-electron chi connectivity index (χ0n) is 9.94. The summed E-state index contributed by atoms with van der Waals surface area (Å²) in [5.41, 5.74) is -0.0386. The Balaban J connectivity index is 2.72. The number of carbonyl (C=O) groups excluding carboxylic acids is 1. The Morgan fingerprint density at radius 3 is 2.50 bits per heavy atom. The van der Waals surface area contributed by atoms with Gasteiger partial charge in [-0.1, -0.05) is 11.3 Å². The molecule has 0 aliphatic rings. The molecule has 0 bridgehead atoms. The van der Waals surface area contributed by atoms with E-state index in [4.69, 9.17) is 10.2 Å². The maximum atomic E-state index is 11.7. The summed E-state index contributed by atoms with van der Waals surface area (Å²) in [6.45, 7) is 0. The molecule has 0 saturated carbocycles. The zero-order valence-corrected chi connectivity index (χ0v) is 10.8. The predicted octanol–water partition coefficient (Wildman–Crippen LogP) is 0.704. The van der Waals surface area contributed by atoms with Gasteiger partial charge in [0, 0.05) is 17.9 Å². The zero-order chi connectivity index (χ0) is 15.3. The molecule has 1 aromatic heterocycles. The lowest BCUT2D eigenvalue weighted by Crippen LogP contribution is -2.40. The van der Waals surface area contributed by atoms with E-state index in [0.29, 0.717) is 0 Å². The summed E-state index contributed by atoms with van der Waals surface area (Å²) in [6.07, 6.45) is -0.691. The van der Waals surface area contributed by atoms with Crippen molar-refractivity contribution in [2.24, 2.45) is 0 Å². The van der Waals surface area contributed by atoms with Crippen LogP contribution in [0.1, 0.15) is 23.2 Å². The van der Waals surface area contributed by atoms with Gasteiger partial charge in [0.1, 0.15) is 6.04 Å². The van der Waals surface area contributed by atoms with Gasteiger partial charge in [-0.15, -0.1) is 0 Å². The molecule has 1 aromatic rings. The number of carboxylic acid groups (broad SMARTS) is 2. The molecule has 0 aromatic carbocycles. The summed E-state index contributed by atoms with van der Waals surface area (Å²) in [5, 5.41) is 30.9. The average molecular weight is 302 g/mol. The van der Waals surface area contributed by atoms with Crippen LogP contribution in [-0.4, -0.2) is 39.0 Å². The first kappa shape index (κ1) is 15.6. The fraction of sp³-hybridized carbons (Fsp3) is 0.300. The minimum Gasteiger partial charge on any atom is -0.481 e. The van der Waals surface area contributed by atoms with Crippen molar-refractivity contribution in [1.82, 2.24) is 5.32 Å². The number of nitrogens with zero attached hydrogens (tertiary/aromatic N) is 1. The van der Waals surface area contributed by atoms with E-state index in [9.17, 15) is 24.5 Å². The first-order valence-corrected chi connectivity index (χ1v) is 6.17. The van der Waals surface area contributed by atoms with Crippen molar-refractivity contribution >= 4 is 34.2 Å². The highest BCUT2D eigenvalue weighted by Gasteiger charge is 2.23. The molecule has 0 fully saturated rings. The number of nitro groups is 1. The van der Waals surface area contributed by atoms with Crippen molar-refractivity contribution in [2.45, 2.75) is 18.9 Å². The fourth-order valence-corrected chi connectivity index (χ4v) is 2.01. The largest absolute Gasteiger partial charge is 0.481 e. The Kier molecular flexibility index (Phi) is 5.15. The van der Waals surface area contributed by atoms with Crippen LogP contribution in [0, 0.1) is 10.1 Å². The van der Waals surface area contributed by atoms with E-state index < -0.39 is 35.2 Å². The molecule has 1 rings (SSSR count). The second kappa shape index (κ2) is 6.61. The second-order valence-electron chi connectivity index (χ2n) is 3.73. The number of thiophene rings is 1. The molecule has 9 nitrogen and oxygen atoms in total. The first-order chi connectivity index (χ1) is 9.31. The molecule has 0 aliphatic heterocycles. The molecule has 0 radical (unpaired) electrons. The van der Waals surface area contributed by atoms with Crippen LogP contribution in [0.25, 0.3) is 0 Å². The molecule has 0 saturated heterocycles. The van der Waals surface area contributed by atoms with E-state index in [2.05, 4.69) is 5.32 Å². The van der Waals surface area contributed by atoms with E-state index >= 15 is 0 Å². The normalized spacial score (nSPS) is 11.6. The number of amides is 1. The van der Waals surface area contributed by atoms with Gasteiger partial charge >= 0.3 is 16.9 Å². The Morgan fingerprint density at radius 2 is 2.05 bits per heavy atom. The summed E-state index contributed by atoms with van der Waals surface area (Å²) < 4.78 is 0. The summed E-state index contributed by atoms with van der Waals surface area (Å²) >= 11 is 0.738.